The van der Waals surface area contributed by atoms with E-state index < -0.39 is 18.5 Å². The number of hydrogen-bond acceptors (Lipinski definition) is 6. The Morgan fingerprint density at radius 3 is 2.17 bits per heavy atom. The monoisotopic (exact) mass is 489 g/mol. The van der Waals surface area contributed by atoms with Gasteiger partial charge in [-0.25, -0.2) is 4.79 Å². The van der Waals surface area contributed by atoms with Gasteiger partial charge in [0.25, 0.3) is 5.91 Å². The number of rotatable bonds is 12. The zero-order valence-electron chi connectivity index (χ0n) is 20.8. The molecule has 3 rings (SSSR count). The number of benzene rings is 3. The van der Waals surface area contributed by atoms with Crippen LogP contribution in [0.15, 0.2) is 66.7 Å². The van der Waals surface area contributed by atoms with Gasteiger partial charge in [-0.15, -0.1) is 0 Å². The third kappa shape index (κ3) is 7.18. The highest BCUT2D eigenvalue weighted by Crippen LogP contribution is 2.28. The van der Waals surface area contributed by atoms with Crippen molar-refractivity contribution in [3.05, 3.63) is 94.5 Å². The third-order valence-corrected chi connectivity index (χ3v) is 5.38. The van der Waals surface area contributed by atoms with Crippen LogP contribution in [0.25, 0.3) is 0 Å². The molecule has 0 bridgehead atoms. The molecule has 3 aromatic rings. The molecule has 0 aliphatic heterocycles. The number of carbonyl (C=O) groups excluding carboxylic acids is 3. The Morgan fingerprint density at radius 1 is 0.806 bits per heavy atom. The quantitative estimate of drug-likeness (QED) is 0.297. The fourth-order valence-corrected chi connectivity index (χ4v) is 3.58. The normalized spacial score (nSPS) is 10.4. The molecule has 0 fully saturated rings. The lowest BCUT2D eigenvalue weighted by atomic mass is 9.98. The molecule has 0 unspecified atom stereocenters. The van der Waals surface area contributed by atoms with E-state index in [1.165, 1.54) is 6.07 Å². The summed E-state index contributed by atoms with van der Waals surface area (Å²) in [6.45, 7) is 6.72. The average molecular weight is 490 g/mol. The van der Waals surface area contributed by atoms with Crippen LogP contribution in [0.3, 0.4) is 0 Å². The van der Waals surface area contributed by atoms with Crippen LogP contribution in [-0.4, -0.2) is 44.0 Å². The van der Waals surface area contributed by atoms with Crippen molar-refractivity contribution < 1.29 is 28.6 Å². The Kier molecular flexibility index (Phi) is 9.63. The molecule has 3 aromatic carbocycles. The van der Waals surface area contributed by atoms with E-state index in [1.54, 1.807) is 30.3 Å². The van der Waals surface area contributed by atoms with E-state index in [9.17, 15) is 14.4 Å². The molecule has 7 heteroatoms. The highest BCUT2D eigenvalue weighted by atomic mass is 16.5. The van der Waals surface area contributed by atoms with Gasteiger partial charge in [-0.05, 0) is 51.0 Å². The van der Waals surface area contributed by atoms with E-state index >= 15 is 0 Å². The lowest BCUT2D eigenvalue weighted by Crippen LogP contribution is -2.30. The highest BCUT2D eigenvalue weighted by Gasteiger charge is 2.20. The predicted molar refractivity (Wildman–Crippen MR) is 137 cm³/mol. The van der Waals surface area contributed by atoms with Gasteiger partial charge < -0.3 is 19.5 Å². The van der Waals surface area contributed by atoms with Crippen LogP contribution in [0, 0.1) is 6.92 Å². The van der Waals surface area contributed by atoms with E-state index in [0.29, 0.717) is 43.2 Å². The van der Waals surface area contributed by atoms with E-state index in [2.05, 4.69) is 5.32 Å². The second-order valence-corrected chi connectivity index (χ2v) is 8.06. The lowest BCUT2D eigenvalue weighted by Gasteiger charge is -2.13. The van der Waals surface area contributed by atoms with Crippen molar-refractivity contribution >= 4 is 17.7 Å². The van der Waals surface area contributed by atoms with E-state index in [4.69, 9.17) is 14.2 Å². The van der Waals surface area contributed by atoms with Crippen molar-refractivity contribution in [2.45, 2.75) is 27.2 Å². The summed E-state index contributed by atoms with van der Waals surface area (Å²) in [5, 5.41) is 2.74. The molecule has 0 saturated heterocycles. The van der Waals surface area contributed by atoms with Crippen molar-refractivity contribution in [2.24, 2.45) is 0 Å². The zero-order valence-corrected chi connectivity index (χ0v) is 20.8. The topological polar surface area (TPSA) is 90.9 Å². The van der Waals surface area contributed by atoms with Gasteiger partial charge in [0.1, 0.15) is 0 Å². The van der Waals surface area contributed by atoms with Crippen molar-refractivity contribution in [2.75, 3.05) is 26.4 Å². The minimum absolute atomic E-state index is 0.119. The number of hydrogen-bond donors (Lipinski definition) is 1. The van der Waals surface area contributed by atoms with Gasteiger partial charge in [0.2, 0.25) is 0 Å². The van der Waals surface area contributed by atoms with Crippen LogP contribution in [-0.2, 0) is 16.0 Å². The molecule has 1 N–H and O–H groups in total. The first kappa shape index (κ1) is 26.5. The number of carbonyl (C=O) groups is 3. The molecular formula is C29H31NO6. The van der Waals surface area contributed by atoms with Crippen LogP contribution in [0.4, 0.5) is 0 Å². The van der Waals surface area contributed by atoms with E-state index in [-0.39, 0.29) is 16.9 Å². The lowest BCUT2D eigenvalue weighted by molar-refractivity contribution is -0.124. The Hall–Kier alpha value is -4.13. The number of ketones is 1. The largest absolute Gasteiger partial charge is 0.490 e. The van der Waals surface area contributed by atoms with Crippen molar-refractivity contribution in [3.63, 3.8) is 0 Å². The Balaban J connectivity index is 1.53. The first-order valence-corrected chi connectivity index (χ1v) is 12.0. The zero-order chi connectivity index (χ0) is 25.9. The maximum absolute atomic E-state index is 12.9. The van der Waals surface area contributed by atoms with Crippen LogP contribution < -0.4 is 14.8 Å². The standard InChI is InChI=1S/C29H31NO6/c1-4-34-25-15-12-21(18-26(25)35-5-2)16-17-30-27(31)19-36-29(33)24-9-7-6-8-23(24)28(32)22-13-10-20(3)11-14-22/h6-15,18H,4-5,16-17,19H2,1-3H3,(H,30,31). The van der Waals surface area contributed by atoms with Crippen molar-refractivity contribution in [1.82, 2.24) is 5.32 Å². The minimum Gasteiger partial charge on any atom is -0.490 e. The van der Waals surface area contributed by atoms with Gasteiger partial charge in [-0.3, -0.25) is 9.59 Å². The number of ether oxygens (including phenoxy) is 3. The molecule has 188 valence electrons. The summed E-state index contributed by atoms with van der Waals surface area (Å²) in [4.78, 5) is 37.8. The fraction of sp³-hybridized carbons (Fsp3) is 0.276. The summed E-state index contributed by atoms with van der Waals surface area (Å²) in [6.07, 6.45) is 0.569. The molecule has 0 saturated carbocycles. The summed E-state index contributed by atoms with van der Waals surface area (Å²) in [5.74, 6) is -0.0966. The molecule has 0 aliphatic carbocycles. The highest BCUT2D eigenvalue weighted by molar-refractivity contribution is 6.14. The first-order valence-electron chi connectivity index (χ1n) is 12.0. The maximum atomic E-state index is 12.9. The number of nitrogens with one attached hydrogen (secondary N) is 1. The second-order valence-electron chi connectivity index (χ2n) is 8.06. The average Bonchev–Trinajstić information content (AvgIpc) is 2.89. The van der Waals surface area contributed by atoms with Gasteiger partial charge in [0.15, 0.2) is 23.9 Å². The summed E-state index contributed by atoms with van der Waals surface area (Å²) < 4.78 is 16.4. The number of esters is 1. The SMILES string of the molecule is CCOc1ccc(CCNC(=O)COC(=O)c2ccccc2C(=O)c2ccc(C)cc2)cc1OCC. The molecule has 0 aliphatic rings. The van der Waals surface area contributed by atoms with Crippen LogP contribution in [0.1, 0.15) is 51.3 Å². The van der Waals surface area contributed by atoms with Crippen molar-refractivity contribution in [1.29, 1.82) is 0 Å². The Labute approximate surface area is 211 Å². The molecule has 0 heterocycles. The molecular weight excluding hydrogens is 458 g/mol. The van der Waals surface area contributed by atoms with Crippen molar-refractivity contribution in [3.8, 4) is 11.5 Å². The van der Waals surface area contributed by atoms with Crippen LogP contribution in [0.5, 0.6) is 11.5 Å². The third-order valence-electron chi connectivity index (χ3n) is 5.38. The van der Waals surface area contributed by atoms with Crippen LogP contribution >= 0.6 is 0 Å². The van der Waals surface area contributed by atoms with Gasteiger partial charge in [0, 0.05) is 17.7 Å². The summed E-state index contributed by atoms with van der Waals surface area (Å²) >= 11 is 0. The van der Waals surface area contributed by atoms with Crippen LogP contribution in [0.2, 0.25) is 0 Å². The molecule has 0 atom stereocenters. The number of aryl methyl sites for hydroxylation is 1. The van der Waals surface area contributed by atoms with E-state index in [0.717, 1.165) is 11.1 Å². The summed E-state index contributed by atoms with van der Waals surface area (Å²) in [7, 11) is 0. The molecule has 7 nitrogen and oxygen atoms in total. The Morgan fingerprint density at radius 2 is 1.47 bits per heavy atom. The number of amides is 1. The first-order chi connectivity index (χ1) is 17.4. The molecule has 36 heavy (non-hydrogen) atoms. The molecule has 0 spiro atoms. The van der Waals surface area contributed by atoms with Gasteiger partial charge in [0.05, 0.1) is 18.8 Å². The molecule has 0 radical (unpaired) electrons. The summed E-state index contributed by atoms with van der Waals surface area (Å²) in [6, 6.07) is 19.2. The van der Waals surface area contributed by atoms with E-state index in [1.807, 2.05) is 51.1 Å². The Bertz CT molecular complexity index is 1200. The maximum Gasteiger partial charge on any atom is 0.339 e. The van der Waals surface area contributed by atoms with Gasteiger partial charge in [-0.1, -0.05) is 54.1 Å². The fourth-order valence-electron chi connectivity index (χ4n) is 3.58. The molecule has 1 amide bonds. The smallest absolute Gasteiger partial charge is 0.339 e. The van der Waals surface area contributed by atoms with Gasteiger partial charge in [-0.2, -0.15) is 0 Å². The molecule has 0 aromatic heterocycles. The minimum atomic E-state index is -0.728. The second kappa shape index (κ2) is 13.1. The predicted octanol–water partition coefficient (Wildman–Crippen LogP) is 4.54. The summed E-state index contributed by atoms with van der Waals surface area (Å²) in [5.41, 5.74) is 2.83. The van der Waals surface area contributed by atoms with Gasteiger partial charge >= 0.3 is 5.97 Å².